The second kappa shape index (κ2) is 22.7. The van der Waals surface area contributed by atoms with Crippen molar-refractivity contribution >= 4 is 52.0 Å². The molecular weight excluding hydrogens is 963 g/mol. The van der Waals surface area contributed by atoms with Gasteiger partial charge >= 0.3 is 0 Å². The van der Waals surface area contributed by atoms with Gasteiger partial charge in [0.15, 0.2) is 5.82 Å². The number of aliphatic hydroxyl groups is 1. The largest absolute Gasteiger partial charge is 0.494 e. The van der Waals surface area contributed by atoms with Crippen molar-refractivity contribution in [2.45, 2.75) is 118 Å². The standard InChI is InChI=1S/C55H65N9O7S2/c1-31-11-15-39(16-12-31)48-47-32(2)35(5)73-54(47)64-36(6)61-62-51(64)43(59-48)26-45(66)58-33(3)38-19-21-42(22-20-38)71-24-10-23-70-29-46(67)60-50(55(7,8)9)53(69)63-28-41(65)25-44(63)52(68)56-27-37-13-17-40(18-14-37)49-34(4)57-30-72-49/h11-22,30,33,41,43-44,50,65H,10,23-29H2,1-9H3,(H,56,68)(H,58,66)(H,60,67)/t33-,41?,43?,44-,50+/m0/s1. The van der Waals surface area contributed by atoms with Gasteiger partial charge in [0.2, 0.25) is 23.6 Å². The van der Waals surface area contributed by atoms with Gasteiger partial charge in [-0.1, -0.05) is 87.0 Å². The van der Waals surface area contributed by atoms with Gasteiger partial charge in [-0.15, -0.1) is 32.9 Å². The van der Waals surface area contributed by atoms with E-state index in [1.54, 1.807) is 22.7 Å². The maximum atomic E-state index is 14.0. The average Bonchev–Trinajstić information content (AvgIpc) is 4.13. The highest BCUT2D eigenvalue weighted by molar-refractivity contribution is 7.15. The summed E-state index contributed by atoms with van der Waals surface area (Å²) in [6.45, 7) is 18.1. The summed E-state index contributed by atoms with van der Waals surface area (Å²) in [4.78, 5) is 67.7. The van der Waals surface area contributed by atoms with E-state index in [4.69, 9.17) is 14.5 Å². The Hall–Kier alpha value is -6.60. The van der Waals surface area contributed by atoms with E-state index in [2.05, 4.69) is 80.7 Å². The van der Waals surface area contributed by atoms with Crippen LogP contribution in [0.3, 0.4) is 0 Å². The van der Waals surface area contributed by atoms with E-state index in [-0.39, 0.29) is 57.0 Å². The van der Waals surface area contributed by atoms with Crippen LogP contribution in [0.15, 0.2) is 83.3 Å². The van der Waals surface area contributed by atoms with E-state index < -0.39 is 41.5 Å². The Bertz CT molecular complexity index is 2970. The quantitative estimate of drug-likeness (QED) is 0.0617. The Morgan fingerprint density at radius 3 is 2.27 bits per heavy atom. The highest BCUT2D eigenvalue weighted by Gasteiger charge is 2.44. The molecule has 73 heavy (non-hydrogen) atoms. The van der Waals surface area contributed by atoms with Crippen LogP contribution in [0, 0.1) is 40.0 Å². The predicted molar refractivity (Wildman–Crippen MR) is 283 cm³/mol. The molecule has 4 N–H and O–H groups in total. The number of nitrogens with zero attached hydrogens (tertiary/aromatic N) is 6. The zero-order chi connectivity index (χ0) is 52.1. The summed E-state index contributed by atoms with van der Waals surface area (Å²) < 4.78 is 13.7. The number of hydrogen-bond acceptors (Lipinski definition) is 13. The van der Waals surface area contributed by atoms with Gasteiger partial charge in [-0.05, 0) is 81.3 Å². The van der Waals surface area contributed by atoms with Crippen LogP contribution in [0.4, 0.5) is 0 Å². The first kappa shape index (κ1) is 52.7. The van der Waals surface area contributed by atoms with Crippen molar-refractivity contribution in [1.82, 2.24) is 40.6 Å². The van der Waals surface area contributed by atoms with Crippen LogP contribution in [0.2, 0.25) is 0 Å². The Balaban J connectivity index is 0.782. The van der Waals surface area contributed by atoms with E-state index in [1.807, 2.05) is 95.6 Å². The van der Waals surface area contributed by atoms with Gasteiger partial charge in [-0.25, -0.2) is 4.98 Å². The molecular formula is C55H65N9O7S2. The lowest BCUT2D eigenvalue weighted by Crippen LogP contribution is -2.58. The Morgan fingerprint density at radius 2 is 1.59 bits per heavy atom. The van der Waals surface area contributed by atoms with Crippen LogP contribution < -0.4 is 20.7 Å². The number of hydrogen-bond donors (Lipinski definition) is 4. The molecule has 5 atom stereocenters. The third kappa shape index (κ3) is 12.3. The number of fused-ring (bicyclic) bond motifs is 3. The minimum atomic E-state index is -0.973. The highest BCUT2D eigenvalue weighted by atomic mass is 32.1. The SMILES string of the molecule is Cc1ccc(C2=NC(CC(=O)N[C@@H](C)c3ccc(OCCCOCC(=O)N[C@H](C(=O)N4CC(O)C[C@H]4C(=O)NCc4ccc(-c5scnc5C)cc4)C(C)(C)C)cc3)c3nnc(C)n3-c3sc(C)c(C)c32)cc1. The summed E-state index contributed by atoms with van der Waals surface area (Å²) in [5.41, 5.74) is 10.1. The Kier molecular flexibility index (Phi) is 16.4. The molecule has 18 heteroatoms. The first-order valence-corrected chi connectivity index (χ1v) is 26.4. The molecule has 2 unspecified atom stereocenters. The number of thiophene rings is 1. The topological polar surface area (TPSA) is 202 Å². The van der Waals surface area contributed by atoms with Crippen molar-refractivity contribution in [3.63, 3.8) is 0 Å². The van der Waals surface area contributed by atoms with Crippen molar-refractivity contribution < 1.29 is 33.8 Å². The zero-order valence-electron chi connectivity index (χ0n) is 42.9. The van der Waals surface area contributed by atoms with Crippen LogP contribution in [-0.2, 0) is 30.5 Å². The number of likely N-dealkylation sites (tertiary alicyclic amines) is 1. The maximum Gasteiger partial charge on any atom is 0.246 e. The van der Waals surface area contributed by atoms with Crippen molar-refractivity contribution in [1.29, 1.82) is 0 Å². The number of thiazole rings is 1. The molecule has 4 amide bonds. The number of carbonyl (C=O) groups is 4. The van der Waals surface area contributed by atoms with Gasteiger partial charge in [-0.2, -0.15) is 0 Å². The maximum absolute atomic E-state index is 14.0. The summed E-state index contributed by atoms with van der Waals surface area (Å²) >= 11 is 3.26. The Labute approximate surface area is 434 Å². The second-order valence-corrected chi connectivity index (χ2v) is 22.1. The molecule has 6 aromatic rings. The molecule has 16 nitrogen and oxygen atoms in total. The summed E-state index contributed by atoms with van der Waals surface area (Å²) in [6.07, 6.45) is -0.204. The lowest BCUT2D eigenvalue weighted by Gasteiger charge is -2.35. The Morgan fingerprint density at radius 1 is 0.877 bits per heavy atom. The van der Waals surface area contributed by atoms with Crippen molar-refractivity contribution in [3.05, 3.63) is 134 Å². The molecule has 1 fully saturated rings. The number of aliphatic hydroxyl groups excluding tert-OH is 1. The third-order valence-electron chi connectivity index (χ3n) is 13.3. The molecule has 384 valence electrons. The van der Waals surface area contributed by atoms with Crippen LogP contribution in [0.25, 0.3) is 15.4 Å². The number of aliphatic imine (C=N–C) groups is 1. The van der Waals surface area contributed by atoms with E-state index in [0.717, 1.165) is 66.1 Å². The molecule has 1 saturated heterocycles. The van der Waals surface area contributed by atoms with Gasteiger partial charge in [0, 0.05) is 41.9 Å². The normalized spacial score (nSPS) is 17.2. The number of ether oxygens (including phenoxy) is 2. The first-order chi connectivity index (χ1) is 34.9. The van der Waals surface area contributed by atoms with Crippen molar-refractivity contribution in [3.8, 4) is 21.2 Å². The minimum absolute atomic E-state index is 0.0210. The lowest BCUT2D eigenvalue weighted by atomic mass is 9.85. The molecule has 0 bridgehead atoms. The molecule has 0 saturated carbocycles. The predicted octanol–water partition coefficient (Wildman–Crippen LogP) is 7.75. The number of aromatic nitrogens is 4. The molecule has 8 rings (SSSR count). The lowest BCUT2D eigenvalue weighted by molar-refractivity contribution is -0.144. The van der Waals surface area contributed by atoms with Gasteiger partial charge in [-0.3, -0.25) is 28.7 Å². The number of aryl methyl sites for hydroxylation is 4. The number of carbonyl (C=O) groups excluding carboxylic acids is 4. The van der Waals surface area contributed by atoms with Crippen LogP contribution in [-0.4, -0.2) is 104 Å². The minimum Gasteiger partial charge on any atom is -0.494 e. The van der Waals surface area contributed by atoms with Crippen LogP contribution in [0.5, 0.6) is 5.75 Å². The smallest absolute Gasteiger partial charge is 0.246 e. The molecule has 0 radical (unpaired) electrons. The fourth-order valence-corrected chi connectivity index (χ4v) is 11.2. The highest BCUT2D eigenvalue weighted by Crippen LogP contribution is 2.40. The van der Waals surface area contributed by atoms with Gasteiger partial charge in [0.05, 0.1) is 53.6 Å². The summed E-state index contributed by atoms with van der Waals surface area (Å²) in [5.74, 6) is 0.563. The first-order valence-electron chi connectivity index (χ1n) is 24.7. The number of β-amino-alcohol motifs (C(OH)–C–C–N with tert-alkyl or cyclic N) is 1. The summed E-state index contributed by atoms with van der Waals surface area (Å²) in [7, 11) is 0. The van der Waals surface area contributed by atoms with E-state index >= 15 is 0 Å². The summed E-state index contributed by atoms with van der Waals surface area (Å²) in [5, 5.41) is 29.5. The molecule has 0 aliphatic carbocycles. The zero-order valence-corrected chi connectivity index (χ0v) is 44.6. The van der Waals surface area contributed by atoms with Gasteiger partial charge < -0.3 is 35.4 Å². The van der Waals surface area contributed by atoms with E-state index in [1.165, 1.54) is 9.78 Å². The number of rotatable bonds is 18. The van der Waals surface area contributed by atoms with E-state index in [9.17, 15) is 24.3 Å². The average molecular weight is 1030 g/mol. The molecule has 3 aromatic carbocycles. The third-order valence-corrected chi connectivity index (χ3v) is 15.5. The summed E-state index contributed by atoms with van der Waals surface area (Å²) in [6, 6.07) is 21.0. The molecule has 5 heterocycles. The number of nitrogens with one attached hydrogen (secondary N) is 3. The number of amides is 4. The monoisotopic (exact) mass is 1030 g/mol. The van der Waals surface area contributed by atoms with Crippen molar-refractivity contribution in [2.24, 2.45) is 10.4 Å². The van der Waals surface area contributed by atoms with E-state index in [0.29, 0.717) is 24.6 Å². The van der Waals surface area contributed by atoms with Crippen LogP contribution in [0.1, 0.15) is 115 Å². The van der Waals surface area contributed by atoms with Gasteiger partial charge in [0.25, 0.3) is 0 Å². The van der Waals surface area contributed by atoms with Gasteiger partial charge in [0.1, 0.15) is 41.3 Å². The molecule has 0 spiro atoms. The fraction of sp³-hybridized carbons (Fsp3) is 0.418. The fourth-order valence-electron chi connectivity index (χ4n) is 9.15. The molecule has 2 aliphatic heterocycles. The second-order valence-electron chi connectivity index (χ2n) is 20.0. The van der Waals surface area contributed by atoms with Crippen LogP contribution >= 0.6 is 22.7 Å². The molecule has 2 aliphatic rings. The molecule has 3 aromatic heterocycles. The van der Waals surface area contributed by atoms with Crippen molar-refractivity contribution in [2.75, 3.05) is 26.4 Å². The number of benzene rings is 3.